The smallest absolute Gasteiger partial charge is 0.312 e. The van der Waals surface area contributed by atoms with Gasteiger partial charge in [-0.15, -0.1) is 0 Å². The molecule has 0 aliphatic carbocycles. The Hall–Kier alpha value is -1.07. The highest BCUT2D eigenvalue weighted by Gasteiger charge is 2.16. The molecule has 1 aromatic heterocycles. The van der Waals surface area contributed by atoms with Gasteiger partial charge in [-0.05, 0) is 37.0 Å². The van der Waals surface area contributed by atoms with Crippen LogP contribution in [0.4, 0.5) is 0 Å². The van der Waals surface area contributed by atoms with Crippen LogP contribution in [0.5, 0.6) is 11.1 Å². The first-order valence-corrected chi connectivity index (χ1v) is 10.7. The van der Waals surface area contributed by atoms with Gasteiger partial charge in [0.15, 0.2) is 11.1 Å². The lowest BCUT2D eigenvalue weighted by Gasteiger charge is -2.15. The number of hydrogen-bond donors (Lipinski definition) is 1. The van der Waals surface area contributed by atoms with E-state index in [2.05, 4.69) is 11.7 Å². The van der Waals surface area contributed by atoms with Crippen molar-refractivity contribution >= 4 is 8.64 Å². The van der Waals surface area contributed by atoms with Crippen molar-refractivity contribution in [2.24, 2.45) is 5.73 Å². The van der Waals surface area contributed by atoms with Gasteiger partial charge in [0.25, 0.3) is 0 Å². The molecule has 0 bridgehead atoms. The maximum atomic E-state index is 5.58. The first-order chi connectivity index (χ1) is 11.8. The molecule has 0 spiro atoms. The Kier molecular flexibility index (Phi) is 11.6. The Morgan fingerprint density at radius 3 is 1.92 bits per heavy atom. The van der Waals surface area contributed by atoms with Gasteiger partial charge in [0.2, 0.25) is 0 Å². The molecule has 138 valence electrons. The average Bonchev–Trinajstić information content (AvgIpc) is 2.62. The summed E-state index contributed by atoms with van der Waals surface area (Å²) in [5.41, 5.74) is 8.89. The molecule has 0 radical (unpaired) electrons. The molecule has 1 heterocycles. The molecule has 0 aliphatic heterocycles. The number of nitrogens with two attached hydrogens (primary N) is 1. The van der Waals surface area contributed by atoms with Gasteiger partial charge in [0.1, 0.15) is 0 Å². The lowest BCUT2D eigenvalue weighted by Crippen LogP contribution is -2.13. The van der Waals surface area contributed by atoms with Gasteiger partial charge in [0.05, 0.1) is 21.3 Å². The molecule has 1 rings (SSSR count). The molecule has 1 aromatic rings. The van der Waals surface area contributed by atoms with Crippen molar-refractivity contribution in [2.45, 2.75) is 64.2 Å². The van der Waals surface area contributed by atoms with E-state index in [1.807, 2.05) is 0 Å². The van der Waals surface area contributed by atoms with E-state index in [0.717, 1.165) is 24.1 Å². The van der Waals surface area contributed by atoms with E-state index in [9.17, 15) is 0 Å². The molecule has 4 nitrogen and oxygen atoms in total. The van der Waals surface area contributed by atoms with Gasteiger partial charge in [-0.3, -0.25) is 0 Å². The summed E-state index contributed by atoms with van der Waals surface area (Å²) in [5.74, 6) is 0.885. The fourth-order valence-corrected chi connectivity index (χ4v) is 4.57. The maximum absolute atomic E-state index is 5.58. The largest absolute Gasteiger partial charge is 0.548 e. The van der Waals surface area contributed by atoms with Gasteiger partial charge in [-0.2, -0.15) is 0 Å². The van der Waals surface area contributed by atoms with Crippen LogP contribution < -0.4 is 19.6 Å². The Morgan fingerprint density at radius 2 is 1.42 bits per heavy atom. The summed E-state index contributed by atoms with van der Waals surface area (Å²) >= 11 is 0. The van der Waals surface area contributed by atoms with Crippen LogP contribution in [0.15, 0.2) is 11.7 Å². The summed E-state index contributed by atoms with van der Waals surface area (Å²) in [4.78, 5) is 0. The van der Waals surface area contributed by atoms with Crippen LogP contribution in [0.25, 0.3) is 0 Å². The summed E-state index contributed by atoms with van der Waals surface area (Å²) < 4.78 is 16.6. The van der Waals surface area contributed by atoms with Crippen LogP contribution >= 0.6 is 0 Å². The van der Waals surface area contributed by atoms with E-state index in [1.165, 1.54) is 63.4 Å². The normalized spacial score (nSPS) is 10.7. The monoisotopic (exact) mass is 353 g/mol. The van der Waals surface area contributed by atoms with Gasteiger partial charge >= 0.3 is 8.64 Å². The summed E-state index contributed by atoms with van der Waals surface area (Å²) in [5, 5.41) is 0.875. The van der Waals surface area contributed by atoms with Crippen LogP contribution in [0.1, 0.15) is 63.4 Å². The van der Waals surface area contributed by atoms with E-state index in [0.29, 0.717) is 0 Å². The lowest BCUT2D eigenvalue weighted by molar-refractivity contribution is 0.351. The van der Waals surface area contributed by atoms with Crippen LogP contribution in [0.3, 0.4) is 0 Å². The summed E-state index contributed by atoms with van der Waals surface area (Å²) in [7, 11) is 3.94. The average molecular weight is 354 g/mol. The van der Waals surface area contributed by atoms with Crippen LogP contribution in [0, 0.1) is 0 Å². The molecular weight excluding hydrogens is 318 g/mol. The summed E-state index contributed by atoms with van der Waals surface area (Å²) in [6.45, 7) is 0.836. The van der Waals surface area contributed by atoms with Gasteiger partial charge in [-0.1, -0.05) is 51.0 Å². The third-order valence-electron chi connectivity index (χ3n) is 4.44. The summed E-state index contributed by atoms with van der Waals surface area (Å²) in [6.07, 6.45) is 12.7. The molecule has 0 aliphatic rings. The van der Waals surface area contributed by atoms with Crippen molar-refractivity contribution < 1.29 is 13.9 Å². The summed E-state index contributed by atoms with van der Waals surface area (Å²) in [6, 6.07) is 2.16. The number of ether oxygens (including phenoxy) is 2. The van der Waals surface area contributed by atoms with E-state index < -0.39 is 8.64 Å². The highest BCUT2D eigenvalue weighted by atomic mass is 28.3. The highest BCUT2D eigenvalue weighted by molar-refractivity contribution is 6.50. The van der Waals surface area contributed by atoms with E-state index >= 15 is 0 Å². The number of aryl methyl sites for hydroxylation is 1. The zero-order valence-electron chi connectivity index (χ0n) is 15.7. The molecule has 0 atom stereocenters. The molecule has 0 saturated heterocycles. The van der Waals surface area contributed by atoms with Crippen molar-refractivity contribution in [1.82, 2.24) is 0 Å². The van der Waals surface area contributed by atoms with E-state index in [1.54, 1.807) is 21.3 Å². The number of methoxy groups -OCH3 is 2. The SMILES string of the molecule is COc1c(CCCCCCCCCCCN)cc[si](OC)c1OC. The Labute approximate surface area is 149 Å². The van der Waals surface area contributed by atoms with Gasteiger partial charge < -0.3 is 19.6 Å². The van der Waals surface area contributed by atoms with Gasteiger partial charge in [0, 0.05) is 0 Å². The zero-order valence-corrected chi connectivity index (χ0v) is 16.7. The standard InChI is InChI=1S/C19H35NO3Si/c1-21-18-17(14-16-24(23-3)19(18)22-2)13-11-9-7-5-4-6-8-10-12-15-20/h14,16H,4-13,15,20H2,1-3H3. The van der Waals surface area contributed by atoms with Crippen LogP contribution in [-0.2, 0) is 6.42 Å². The Bertz CT molecular complexity index is 454. The van der Waals surface area contributed by atoms with Gasteiger partial charge in [-0.25, -0.2) is 0 Å². The molecule has 2 N–H and O–H groups in total. The molecule has 0 saturated carbocycles. The number of unbranched alkanes of at least 4 members (excludes halogenated alkanes) is 8. The third-order valence-corrected chi connectivity index (χ3v) is 6.22. The number of hydrogen-bond acceptors (Lipinski definition) is 4. The second-order valence-corrected chi connectivity index (χ2v) is 8.14. The van der Waals surface area contributed by atoms with Crippen molar-refractivity contribution in [1.29, 1.82) is 0 Å². The second-order valence-electron chi connectivity index (χ2n) is 6.21. The quantitative estimate of drug-likeness (QED) is 0.408. The predicted octanol–water partition coefficient (Wildman–Crippen LogP) is 3.80. The topological polar surface area (TPSA) is 53.7 Å². The molecule has 0 aromatic carbocycles. The lowest BCUT2D eigenvalue weighted by atomic mass is 10.0. The maximum Gasteiger partial charge on any atom is 0.312 e. The molecule has 0 amide bonds. The van der Waals surface area contributed by atoms with Crippen molar-refractivity contribution in [2.75, 3.05) is 27.9 Å². The van der Waals surface area contributed by atoms with Crippen LogP contribution in [-0.4, -0.2) is 36.5 Å². The van der Waals surface area contributed by atoms with Crippen molar-refractivity contribution in [3.63, 3.8) is 0 Å². The zero-order chi connectivity index (χ0) is 17.6. The fraction of sp³-hybridized carbons (Fsp3) is 0.737. The first kappa shape index (κ1) is 21.0. The van der Waals surface area contributed by atoms with Crippen molar-refractivity contribution in [3.8, 4) is 11.1 Å². The Balaban J connectivity index is 2.28. The van der Waals surface area contributed by atoms with E-state index in [4.69, 9.17) is 19.6 Å². The minimum atomic E-state index is -1.20. The molecule has 0 unspecified atom stereocenters. The third kappa shape index (κ3) is 7.22. The molecular formula is C19H35NO3Si. The minimum absolute atomic E-state index is 0.836. The van der Waals surface area contributed by atoms with Crippen LogP contribution in [0.2, 0.25) is 0 Å². The Morgan fingerprint density at radius 1 is 0.833 bits per heavy atom. The van der Waals surface area contributed by atoms with Crippen molar-refractivity contribution in [3.05, 3.63) is 17.3 Å². The predicted molar refractivity (Wildman–Crippen MR) is 102 cm³/mol. The molecule has 24 heavy (non-hydrogen) atoms. The number of rotatable bonds is 14. The first-order valence-electron chi connectivity index (χ1n) is 9.26. The van der Waals surface area contributed by atoms with E-state index in [-0.39, 0.29) is 0 Å². The molecule has 0 fully saturated rings. The molecule has 5 heteroatoms. The highest BCUT2D eigenvalue weighted by Crippen LogP contribution is 2.31. The fourth-order valence-electron chi connectivity index (χ4n) is 3.06. The second kappa shape index (κ2) is 13.2. The minimum Gasteiger partial charge on any atom is -0.548 e.